The van der Waals surface area contributed by atoms with Gasteiger partial charge >= 0.3 is 0 Å². The van der Waals surface area contributed by atoms with Crippen molar-refractivity contribution < 1.29 is 14.5 Å². The van der Waals surface area contributed by atoms with Crippen molar-refractivity contribution in [1.82, 2.24) is 4.90 Å². The van der Waals surface area contributed by atoms with Crippen LogP contribution in [0, 0.1) is 10.1 Å². The maximum Gasteiger partial charge on any atom is 0.269 e. The average Bonchev–Trinajstić information content (AvgIpc) is 2.72. The van der Waals surface area contributed by atoms with Gasteiger partial charge in [-0.3, -0.25) is 14.9 Å². The molecular weight excluding hydrogens is 346 g/mol. The molecule has 1 unspecified atom stereocenters. The molecular formula is C20H23N3O4. The first-order chi connectivity index (χ1) is 13.1. The maximum absolute atomic E-state index is 12.5. The number of nitro benzene ring substituents is 1. The summed E-state index contributed by atoms with van der Waals surface area (Å²) in [6.07, 6.45) is 1.09. The highest BCUT2D eigenvalue weighted by Gasteiger charge is 2.24. The van der Waals surface area contributed by atoms with Crippen molar-refractivity contribution in [2.24, 2.45) is 0 Å². The van der Waals surface area contributed by atoms with Gasteiger partial charge in [0, 0.05) is 37.3 Å². The van der Waals surface area contributed by atoms with Gasteiger partial charge in [0.25, 0.3) is 5.69 Å². The molecule has 0 radical (unpaired) electrons. The van der Waals surface area contributed by atoms with Crippen LogP contribution in [0.1, 0.15) is 24.5 Å². The summed E-state index contributed by atoms with van der Waals surface area (Å²) >= 11 is 0. The molecule has 7 nitrogen and oxygen atoms in total. The van der Waals surface area contributed by atoms with Crippen molar-refractivity contribution in [3.63, 3.8) is 0 Å². The summed E-state index contributed by atoms with van der Waals surface area (Å²) < 4.78 is 5.80. The first-order valence-electron chi connectivity index (χ1n) is 9.06. The van der Waals surface area contributed by atoms with Gasteiger partial charge in [-0.2, -0.15) is 0 Å². The number of carbonyl (C=O) groups is 1. The summed E-state index contributed by atoms with van der Waals surface area (Å²) in [6.45, 7) is 2.39. The summed E-state index contributed by atoms with van der Waals surface area (Å²) in [7, 11) is 0. The Bertz CT molecular complexity index is 765. The monoisotopic (exact) mass is 369 g/mol. The van der Waals surface area contributed by atoms with Crippen LogP contribution in [0.2, 0.25) is 0 Å². The van der Waals surface area contributed by atoms with Crippen molar-refractivity contribution >= 4 is 17.3 Å². The number of non-ortho nitro benzene ring substituents is 1. The minimum Gasteiger partial charge on any atom is -0.385 e. The van der Waals surface area contributed by atoms with Crippen LogP contribution >= 0.6 is 0 Å². The second kappa shape index (κ2) is 9.14. The van der Waals surface area contributed by atoms with Gasteiger partial charge in [-0.1, -0.05) is 30.3 Å². The maximum atomic E-state index is 12.5. The average molecular weight is 369 g/mol. The van der Waals surface area contributed by atoms with Gasteiger partial charge in [0.1, 0.15) is 6.10 Å². The lowest BCUT2D eigenvalue weighted by atomic mass is 10.1. The van der Waals surface area contributed by atoms with Crippen LogP contribution in [0.5, 0.6) is 0 Å². The number of nitro groups is 1. The number of amides is 1. The molecule has 0 saturated carbocycles. The van der Waals surface area contributed by atoms with Gasteiger partial charge in [-0.05, 0) is 24.1 Å². The number of hydrogen-bond donors (Lipinski definition) is 1. The second-order valence-corrected chi connectivity index (χ2v) is 6.44. The number of rotatable bonds is 7. The molecule has 1 aliphatic heterocycles. The molecule has 7 heteroatoms. The van der Waals surface area contributed by atoms with E-state index in [2.05, 4.69) is 5.32 Å². The normalized spacial score (nSPS) is 16.7. The summed E-state index contributed by atoms with van der Waals surface area (Å²) in [4.78, 5) is 24.6. The predicted octanol–water partition coefficient (Wildman–Crippen LogP) is 3.39. The first kappa shape index (κ1) is 18.8. The third-order valence-electron chi connectivity index (χ3n) is 4.57. The van der Waals surface area contributed by atoms with E-state index in [4.69, 9.17) is 4.74 Å². The minimum atomic E-state index is -0.423. The van der Waals surface area contributed by atoms with E-state index in [0.717, 1.165) is 11.3 Å². The molecule has 0 aromatic heterocycles. The Kier molecular flexibility index (Phi) is 6.38. The topological polar surface area (TPSA) is 84.7 Å². The molecule has 0 spiro atoms. The lowest BCUT2D eigenvalue weighted by molar-refractivity contribution is -0.384. The Morgan fingerprint density at radius 3 is 2.63 bits per heavy atom. The fraction of sp³-hybridized carbons (Fsp3) is 0.350. The Morgan fingerprint density at radius 1 is 1.19 bits per heavy atom. The van der Waals surface area contributed by atoms with Gasteiger partial charge in [0.2, 0.25) is 5.91 Å². The van der Waals surface area contributed by atoms with Gasteiger partial charge in [-0.15, -0.1) is 0 Å². The van der Waals surface area contributed by atoms with Gasteiger partial charge in [0.15, 0.2) is 0 Å². The van der Waals surface area contributed by atoms with E-state index in [9.17, 15) is 14.9 Å². The highest BCUT2D eigenvalue weighted by atomic mass is 16.6. The van der Waals surface area contributed by atoms with Crippen LogP contribution in [-0.4, -0.2) is 42.0 Å². The van der Waals surface area contributed by atoms with E-state index in [1.54, 1.807) is 12.1 Å². The molecule has 1 atom stereocenters. The Balaban J connectivity index is 1.41. The van der Waals surface area contributed by atoms with Gasteiger partial charge in [0.05, 0.1) is 18.1 Å². The summed E-state index contributed by atoms with van der Waals surface area (Å²) in [6, 6.07) is 16.2. The third-order valence-corrected chi connectivity index (χ3v) is 4.57. The van der Waals surface area contributed by atoms with Crippen molar-refractivity contribution in [2.45, 2.75) is 18.9 Å². The quantitative estimate of drug-likeness (QED) is 0.459. The van der Waals surface area contributed by atoms with E-state index in [1.807, 2.05) is 35.2 Å². The van der Waals surface area contributed by atoms with Gasteiger partial charge in [-0.25, -0.2) is 0 Å². The predicted molar refractivity (Wildman–Crippen MR) is 103 cm³/mol. The molecule has 1 saturated heterocycles. The van der Waals surface area contributed by atoms with Crippen LogP contribution in [0.4, 0.5) is 11.4 Å². The zero-order chi connectivity index (χ0) is 19.1. The van der Waals surface area contributed by atoms with Crippen molar-refractivity contribution in [1.29, 1.82) is 0 Å². The van der Waals surface area contributed by atoms with Crippen LogP contribution in [0.25, 0.3) is 0 Å². The lowest BCUT2D eigenvalue weighted by Crippen LogP contribution is -2.42. The molecule has 1 heterocycles. The van der Waals surface area contributed by atoms with E-state index in [1.165, 1.54) is 12.1 Å². The van der Waals surface area contributed by atoms with E-state index < -0.39 is 4.92 Å². The van der Waals surface area contributed by atoms with Crippen molar-refractivity contribution in [3.8, 4) is 0 Å². The standard InChI is InChI=1S/C20H23N3O4/c24-20(7-4-12-21-17-8-10-18(11-9-17)23(25)26)22-13-14-27-19(15-22)16-5-2-1-3-6-16/h1-3,5-6,8-11,19,21H,4,7,12-15H2. The number of nitrogens with one attached hydrogen (secondary N) is 1. The number of benzene rings is 2. The smallest absolute Gasteiger partial charge is 0.269 e. The summed E-state index contributed by atoms with van der Waals surface area (Å²) in [5.41, 5.74) is 1.97. The van der Waals surface area contributed by atoms with Crippen LogP contribution in [-0.2, 0) is 9.53 Å². The number of ether oxygens (including phenoxy) is 1. The lowest BCUT2D eigenvalue weighted by Gasteiger charge is -2.33. The molecule has 1 fully saturated rings. The molecule has 1 N–H and O–H groups in total. The molecule has 2 aromatic rings. The largest absolute Gasteiger partial charge is 0.385 e. The van der Waals surface area contributed by atoms with Crippen LogP contribution in [0.3, 0.4) is 0 Å². The Hall–Kier alpha value is -2.93. The van der Waals surface area contributed by atoms with E-state index in [-0.39, 0.29) is 17.7 Å². The number of morpholine rings is 1. The zero-order valence-corrected chi connectivity index (χ0v) is 15.0. The number of anilines is 1. The molecule has 3 rings (SSSR count). The van der Waals surface area contributed by atoms with Crippen molar-refractivity contribution in [2.75, 3.05) is 31.6 Å². The second-order valence-electron chi connectivity index (χ2n) is 6.44. The first-order valence-corrected chi connectivity index (χ1v) is 9.06. The molecule has 142 valence electrons. The molecule has 0 bridgehead atoms. The van der Waals surface area contributed by atoms with Crippen molar-refractivity contribution in [3.05, 3.63) is 70.3 Å². The van der Waals surface area contributed by atoms with Crippen LogP contribution < -0.4 is 5.32 Å². The molecule has 1 aliphatic rings. The summed E-state index contributed by atoms with van der Waals surface area (Å²) in [5, 5.41) is 13.8. The fourth-order valence-electron chi connectivity index (χ4n) is 3.08. The van der Waals surface area contributed by atoms with E-state index >= 15 is 0 Å². The molecule has 2 aromatic carbocycles. The highest BCUT2D eigenvalue weighted by molar-refractivity contribution is 5.76. The fourth-order valence-corrected chi connectivity index (χ4v) is 3.08. The number of carbonyl (C=O) groups excluding carboxylic acids is 1. The van der Waals surface area contributed by atoms with Gasteiger partial charge < -0.3 is 15.0 Å². The molecule has 1 amide bonds. The minimum absolute atomic E-state index is 0.0658. The van der Waals surface area contributed by atoms with E-state index in [0.29, 0.717) is 39.1 Å². The highest BCUT2D eigenvalue weighted by Crippen LogP contribution is 2.22. The number of hydrogen-bond acceptors (Lipinski definition) is 5. The third kappa shape index (κ3) is 5.27. The Morgan fingerprint density at radius 2 is 1.93 bits per heavy atom. The zero-order valence-electron chi connectivity index (χ0n) is 15.0. The molecule has 0 aliphatic carbocycles. The Labute approximate surface area is 158 Å². The summed E-state index contributed by atoms with van der Waals surface area (Å²) in [5.74, 6) is 0.129. The molecule has 27 heavy (non-hydrogen) atoms. The van der Waals surface area contributed by atoms with Crippen LogP contribution in [0.15, 0.2) is 54.6 Å². The number of nitrogens with zero attached hydrogens (tertiary/aromatic N) is 2. The SMILES string of the molecule is O=C(CCCNc1ccc([N+](=O)[O-])cc1)N1CCOC(c2ccccc2)C1.